The minimum atomic E-state index is -0.402. The first kappa shape index (κ1) is 13.9. The number of nitrogens with zero attached hydrogens (tertiary/aromatic N) is 1. The summed E-state index contributed by atoms with van der Waals surface area (Å²) in [5.74, 6) is 0.878. The van der Waals surface area contributed by atoms with Gasteiger partial charge < -0.3 is 10.1 Å². The van der Waals surface area contributed by atoms with Gasteiger partial charge in [-0.25, -0.2) is 5.10 Å². The fourth-order valence-electron chi connectivity index (χ4n) is 2.13. The first-order chi connectivity index (χ1) is 10.2. The van der Waals surface area contributed by atoms with Gasteiger partial charge in [0.25, 0.3) is 5.56 Å². The van der Waals surface area contributed by atoms with E-state index in [2.05, 4.69) is 15.5 Å². The van der Waals surface area contributed by atoms with Crippen molar-refractivity contribution in [1.29, 1.82) is 0 Å². The van der Waals surface area contributed by atoms with Crippen LogP contribution in [0.15, 0.2) is 35.3 Å². The van der Waals surface area contributed by atoms with E-state index in [0.29, 0.717) is 18.3 Å². The quantitative estimate of drug-likeness (QED) is 0.891. The van der Waals surface area contributed by atoms with Crippen LogP contribution in [0.25, 0.3) is 0 Å². The van der Waals surface area contributed by atoms with E-state index in [1.54, 1.807) is 0 Å². The molecule has 0 unspecified atom stereocenters. The van der Waals surface area contributed by atoms with E-state index in [4.69, 9.17) is 16.3 Å². The van der Waals surface area contributed by atoms with Gasteiger partial charge in [-0.2, -0.15) is 5.10 Å². The Kier molecular flexibility index (Phi) is 4.10. The van der Waals surface area contributed by atoms with Crippen LogP contribution < -0.4 is 15.6 Å². The highest BCUT2D eigenvalue weighted by Gasteiger charge is 2.20. The molecule has 2 N–H and O–H groups in total. The summed E-state index contributed by atoms with van der Waals surface area (Å²) in [4.78, 5) is 11.4. The molecular weight excluding hydrogens is 290 g/mol. The highest BCUT2D eigenvalue weighted by molar-refractivity contribution is 6.32. The molecule has 0 spiro atoms. The highest BCUT2D eigenvalue weighted by Crippen LogP contribution is 2.28. The third kappa shape index (κ3) is 3.19. The fraction of sp³-hybridized carbons (Fsp3) is 0.333. The molecule has 2 aromatic rings. The smallest absolute Gasteiger partial charge is 0.285 e. The Bertz CT molecular complexity index is 683. The van der Waals surface area contributed by atoms with Crippen LogP contribution >= 0.6 is 11.6 Å². The van der Waals surface area contributed by atoms with Gasteiger partial charge in [-0.15, -0.1) is 0 Å². The maximum Gasteiger partial charge on any atom is 0.285 e. The lowest BCUT2D eigenvalue weighted by Crippen LogP contribution is -2.25. The molecule has 0 atom stereocenters. The second kappa shape index (κ2) is 6.18. The number of para-hydroxylation sites is 1. The molecule has 1 aliphatic rings. The molecule has 0 saturated heterocycles. The van der Waals surface area contributed by atoms with Gasteiger partial charge in [-0.1, -0.05) is 29.8 Å². The van der Waals surface area contributed by atoms with E-state index < -0.39 is 5.56 Å². The zero-order valence-electron chi connectivity index (χ0n) is 11.4. The molecule has 1 fully saturated rings. The molecule has 0 radical (unpaired) electrons. The number of rotatable bonds is 5. The zero-order valence-corrected chi connectivity index (χ0v) is 12.2. The Hall–Kier alpha value is -2.01. The van der Waals surface area contributed by atoms with Crippen molar-refractivity contribution in [2.75, 3.05) is 5.32 Å². The highest BCUT2D eigenvalue weighted by atomic mass is 35.5. The van der Waals surface area contributed by atoms with E-state index in [0.717, 1.165) is 24.2 Å². The Morgan fingerprint density at radius 2 is 2.19 bits per heavy atom. The van der Waals surface area contributed by atoms with Crippen LogP contribution in [0.4, 0.5) is 5.69 Å². The van der Waals surface area contributed by atoms with Gasteiger partial charge in [-0.3, -0.25) is 4.79 Å². The fourth-order valence-corrected chi connectivity index (χ4v) is 2.29. The van der Waals surface area contributed by atoms with Crippen LogP contribution in [0, 0.1) is 0 Å². The number of benzene rings is 1. The molecular formula is C15H16ClN3O2. The second-order valence-electron chi connectivity index (χ2n) is 5.06. The Balaban J connectivity index is 1.72. The number of aromatic nitrogens is 2. The molecule has 0 aliphatic heterocycles. The van der Waals surface area contributed by atoms with Gasteiger partial charge in [0, 0.05) is 12.1 Å². The normalized spacial score (nSPS) is 14.5. The molecule has 6 heteroatoms. The van der Waals surface area contributed by atoms with Crippen molar-refractivity contribution in [2.24, 2.45) is 0 Å². The molecule has 110 valence electrons. The molecule has 1 heterocycles. The maximum atomic E-state index is 11.4. The van der Waals surface area contributed by atoms with Crippen LogP contribution in [0.2, 0.25) is 5.02 Å². The summed E-state index contributed by atoms with van der Waals surface area (Å²) < 4.78 is 5.97. The number of H-pyrrole nitrogens is 1. The zero-order chi connectivity index (χ0) is 14.7. The summed E-state index contributed by atoms with van der Waals surface area (Å²) >= 11 is 5.94. The van der Waals surface area contributed by atoms with Gasteiger partial charge in [0.2, 0.25) is 0 Å². The van der Waals surface area contributed by atoms with Gasteiger partial charge >= 0.3 is 0 Å². The largest absolute Gasteiger partial charge is 0.490 e. The van der Waals surface area contributed by atoms with Gasteiger partial charge in [0.05, 0.1) is 18.0 Å². The van der Waals surface area contributed by atoms with E-state index in [9.17, 15) is 4.79 Å². The van der Waals surface area contributed by atoms with E-state index >= 15 is 0 Å². The Morgan fingerprint density at radius 3 is 2.95 bits per heavy atom. The predicted octanol–water partition coefficient (Wildman–Crippen LogP) is 2.97. The standard InChI is InChI=1S/C15H16ClN3O2/c16-14-12(9-18-19-15(14)20)17-8-10-4-1-2-7-13(10)21-11-5-3-6-11/h1-2,4,7,9,11H,3,5-6,8H2,(H2,17,19,20). The predicted molar refractivity (Wildman–Crippen MR) is 81.9 cm³/mol. The minimum Gasteiger partial charge on any atom is -0.490 e. The van der Waals surface area contributed by atoms with Crippen LogP contribution in [-0.4, -0.2) is 16.3 Å². The molecule has 21 heavy (non-hydrogen) atoms. The van der Waals surface area contributed by atoms with Crippen molar-refractivity contribution >= 4 is 17.3 Å². The average Bonchev–Trinajstić information content (AvgIpc) is 2.45. The SMILES string of the molecule is O=c1[nH]ncc(NCc2ccccc2OC2CCC2)c1Cl. The van der Waals surface area contributed by atoms with Gasteiger partial charge in [0.1, 0.15) is 10.8 Å². The third-order valence-electron chi connectivity index (χ3n) is 3.58. The average molecular weight is 306 g/mol. The lowest BCUT2D eigenvalue weighted by Gasteiger charge is -2.27. The lowest BCUT2D eigenvalue weighted by atomic mass is 9.96. The van der Waals surface area contributed by atoms with Gasteiger partial charge in [-0.05, 0) is 25.3 Å². The topological polar surface area (TPSA) is 67.0 Å². The van der Waals surface area contributed by atoms with Crippen molar-refractivity contribution in [3.63, 3.8) is 0 Å². The van der Waals surface area contributed by atoms with Crippen LogP contribution in [-0.2, 0) is 6.54 Å². The Labute approximate surface area is 127 Å². The summed E-state index contributed by atoms with van der Waals surface area (Å²) in [5.41, 5.74) is 1.14. The number of aromatic amines is 1. The molecule has 1 aliphatic carbocycles. The number of hydrogen-bond donors (Lipinski definition) is 2. The maximum absolute atomic E-state index is 11.4. The molecule has 0 bridgehead atoms. The van der Waals surface area contributed by atoms with Crippen molar-refractivity contribution in [3.8, 4) is 5.75 Å². The summed E-state index contributed by atoms with van der Waals surface area (Å²) in [6.45, 7) is 0.522. The number of nitrogens with one attached hydrogen (secondary N) is 2. The molecule has 3 rings (SSSR count). The number of ether oxygens (including phenoxy) is 1. The molecule has 1 saturated carbocycles. The first-order valence-corrected chi connectivity index (χ1v) is 7.33. The third-order valence-corrected chi connectivity index (χ3v) is 3.96. The molecule has 1 aromatic carbocycles. The molecule has 5 nitrogen and oxygen atoms in total. The van der Waals surface area contributed by atoms with Crippen molar-refractivity contribution in [3.05, 3.63) is 51.4 Å². The number of anilines is 1. The number of hydrogen-bond acceptors (Lipinski definition) is 4. The summed E-state index contributed by atoms with van der Waals surface area (Å²) in [6.07, 6.45) is 5.30. The van der Waals surface area contributed by atoms with Crippen LogP contribution in [0.1, 0.15) is 24.8 Å². The minimum absolute atomic E-state index is 0.113. The van der Waals surface area contributed by atoms with Crippen molar-refractivity contribution < 1.29 is 4.74 Å². The van der Waals surface area contributed by atoms with Crippen molar-refractivity contribution in [2.45, 2.75) is 31.9 Å². The van der Waals surface area contributed by atoms with E-state index in [1.807, 2.05) is 24.3 Å². The first-order valence-electron chi connectivity index (χ1n) is 6.95. The van der Waals surface area contributed by atoms with E-state index in [-0.39, 0.29) is 5.02 Å². The molecule has 1 aromatic heterocycles. The van der Waals surface area contributed by atoms with E-state index in [1.165, 1.54) is 12.6 Å². The second-order valence-corrected chi connectivity index (χ2v) is 5.44. The van der Waals surface area contributed by atoms with Gasteiger partial charge in [0.15, 0.2) is 0 Å². The summed E-state index contributed by atoms with van der Waals surface area (Å²) in [5, 5.41) is 9.26. The van der Waals surface area contributed by atoms with Crippen LogP contribution in [0.5, 0.6) is 5.75 Å². The van der Waals surface area contributed by atoms with Crippen LogP contribution in [0.3, 0.4) is 0 Å². The lowest BCUT2D eigenvalue weighted by molar-refractivity contribution is 0.119. The number of halogens is 1. The molecule has 0 amide bonds. The summed E-state index contributed by atoms with van der Waals surface area (Å²) in [6, 6.07) is 7.88. The van der Waals surface area contributed by atoms with Crippen molar-refractivity contribution in [1.82, 2.24) is 10.2 Å². The summed E-state index contributed by atoms with van der Waals surface area (Å²) in [7, 11) is 0. The monoisotopic (exact) mass is 305 g/mol. The Morgan fingerprint density at radius 1 is 1.38 bits per heavy atom.